The molecule has 0 bridgehead atoms. The van der Waals surface area contributed by atoms with Gasteiger partial charge < -0.3 is 10.6 Å². The molecule has 0 aromatic carbocycles. The number of aromatic nitrogens is 2. The number of rotatable bonds is 7. The van der Waals surface area contributed by atoms with E-state index in [1.54, 1.807) is 6.33 Å². The number of hydrogen-bond donors (Lipinski definition) is 1. The van der Waals surface area contributed by atoms with Crippen LogP contribution in [0.5, 0.6) is 0 Å². The molecule has 1 aromatic rings. The van der Waals surface area contributed by atoms with Gasteiger partial charge in [-0.1, -0.05) is 13.3 Å². The lowest BCUT2D eigenvalue weighted by Gasteiger charge is -2.18. The lowest BCUT2D eigenvalue weighted by molar-refractivity contribution is 0.675. The molecular formula is C12H22N4. The molecule has 4 nitrogen and oxygen atoms in total. The molecule has 16 heavy (non-hydrogen) atoms. The van der Waals surface area contributed by atoms with Crippen molar-refractivity contribution >= 4 is 5.82 Å². The molecule has 90 valence electrons. The SMILES string of the molecule is CCc1cc(N(C)CCCCCN)ncn1. The maximum absolute atomic E-state index is 5.46. The van der Waals surface area contributed by atoms with E-state index >= 15 is 0 Å². The summed E-state index contributed by atoms with van der Waals surface area (Å²) in [5, 5.41) is 0. The average Bonchev–Trinajstić information content (AvgIpc) is 2.34. The molecule has 0 radical (unpaired) electrons. The molecule has 0 unspecified atom stereocenters. The third-order valence-corrected chi connectivity index (χ3v) is 2.66. The number of nitrogens with zero attached hydrogens (tertiary/aromatic N) is 3. The predicted molar refractivity (Wildman–Crippen MR) is 67.6 cm³/mol. The highest BCUT2D eigenvalue weighted by atomic mass is 15.2. The fourth-order valence-electron chi connectivity index (χ4n) is 1.57. The van der Waals surface area contributed by atoms with Crippen LogP contribution in [0.4, 0.5) is 5.82 Å². The van der Waals surface area contributed by atoms with Gasteiger partial charge in [0.1, 0.15) is 12.1 Å². The molecule has 4 heteroatoms. The van der Waals surface area contributed by atoms with Crippen molar-refractivity contribution < 1.29 is 0 Å². The minimum atomic E-state index is 0.789. The number of hydrogen-bond acceptors (Lipinski definition) is 4. The van der Waals surface area contributed by atoms with E-state index in [4.69, 9.17) is 5.73 Å². The maximum atomic E-state index is 5.46. The van der Waals surface area contributed by atoms with Crippen LogP contribution in [0.3, 0.4) is 0 Å². The minimum Gasteiger partial charge on any atom is -0.360 e. The smallest absolute Gasteiger partial charge is 0.131 e. The molecule has 0 aliphatic rings. The summed E-state index contributed by atoms with van der Waals surface area (Å²) in [5.41, 5.74) is 6.56. The summed E-state index contributed by atoms with van der Waals surface area (Å²) in [6, 6.07) is 2.06. The zero-order valence-electron chi connectivity index (χ0n) is 10.3. The fraction of sp³-hybridized carbons (Fsp3) is 0.667. The Labute approximate surface area is 97.9 Å². The highest BCUT2D eigenvalue weighted by Gasteiger charge is 2.03. The lowest BCUT2D eigenvalue weighted by Crippen LogP contribution is -2.20. The topological polar surface area (TPSA) is 55.0 Å². The van der Waals surface area contributed by atoms with Gasteiger partial charge in [0.2, 0.25) is 0 Å². The quantitative estimate of drug-likeness (QED) is 0.712. The summed E-state index contributed by atoms with van der Waals surface area (Å²) < 4.78 is 0. The molecule has 0 aliphatic heterocycles. The van der Waals surface area contributed by atoms with Gasteiger partial charge in [-0.2, -0.15) is 0 Å². The van der Waals surface area contributed by atoms with Gasteiger partial charge >= 0.3 is 0 Å². The molecule has 0 spiro atoms. The van der Waals surface area contributed by atoms with Crippen LogP contribution in [-0.2, 0) is 6.42 Å². The monoisotopic (exact) mass is 222 g/mol. The van der Waals surface area contributed by atoms with Crippen molar-refractivity contribution in [3.05, 3.63) is 18.1 Å². The zero-order valence-corrected chi connectivity index (χ0v) is 10.3. The van der Waals surface area contributed by atoms with Gasteiger partial charge in [-0.3, -0.25) is 0 Å². The summed E-state index contributed by atoms with van der Waals surface area (Å²) in [4.78, 5) is 10.6. The average molecular weight is 222 g/mol. The predicted octanol–water partition coefficient (Wildman–Crippen LogP) is 1.60. The summed E-state index contributed by atoms with van der Waals surface area (Å²) in [7, 11) is 2.07. The molecule has 2 N–H and O–H groups in total. The largest absolute Gasteiger partial charge is 0.360 e. The van der Waals surface area contributed by atoms with Gasteiger partial charge in [-0.15, -0.1) is 0 Å². The molecule has 1 heterocycles. The first kappa shape index (κ1) is 12.9. The molecule has 0 atom stereocenters. The van der Waals surface area contributed by atoms with Crippen molar-refractivity contribution in [2.24, 2.45) is 5.73 Å². The van der Waals surface area contributed by atoms with Crippen molar-refractivity contribution in [1.29, 1.82) is 0 Å². The fourth-order valence-corrected chi connectivity index (χ4v) is 1.57. The van der Waals surface area contributed by atoms with Crippen LogP contribution in [0, 0.1) is 0 Å². The van der Waals surface area contributed by atoms with E-state index in [2.05, 4.69) is 34.9 Å². The number of aryl methyl sites for hydroxylation is 1. The highest BCUT2D eigenvalue weighted by molar-refractivity contribution is 5.37. The third-order valence-electron chi connectivity index (χ3n) is 2.66. The second-order valence-corrected chi connectivity index (χ2v) is 3.99. The van der Waals surface area contributed by atoms with E-state index in [1.807, 2.05) is 0 Å². The van der Waals surface area contributed by atoms with Gasteiger partial charge in [0, 0.05) is 25.4 Å². The van der Waals surface area contributed by atoms with Crippen LogP contribution < -0.4 is 10.6 Å². The normalized spacial score (nSPS) is 10.4. The Morgan fingerprint density at radius 1 is 1.25 bits per heavy atom. The molecule has 1 aromatic heterocycles. The Balaban J connectivity index is 2.42. The van der Waals surface area contributed by atoms with Crippen LogP contribution in [0.25, 0.3) is 0 Å². The summed E-state index contributed by atoms with van der Waals surface area (Å²) >= 11 is 0. The Kier molecular flexibility index (Phi) is 5.78. The van der Waals surface area contributed by atoms with Gasteiger partial charge in [-0.05, 0) is 25.8 Å². The van der Waals surface area contributed by atoms with Crippen molar-refractivity contribution in [2.45, 2.75) is 32.6 Å². The van der Waals surface area contributed by atoms with E-state index in [1.165, 1.54) is 12.8 Å². The maximum Gasteiger partial charge on any atom is 0.131 e. The van der Waals surface area contributed by atoms with Crippen molar-refractivity contribution in [3.8, 4) is 0 Å². The third kappa shape index (κ3) is 4.14. The van der Waals surface area contributed by atoms with E-state index in [9.17, 15) is 0 Å². The van der Waals surface area contributed by atoms with Gasteiger partial charge in [0.15, 0.2) is 0 Å². The van der Waals surface area contributed by atoms with Crippen LogP contribution in [-0.4, -0.2) is 30.1 Å². The molecule has 0 amide bonds. The summed E-state index contributed by atoms with van der Waals surface area (Å²) in [6.45, 7) is 3.92. The minimum absolute atomic E-state index is 0.789. The molecule has 0 saturated carbocycles. The van der Waals surface area contributed by atoms with Crippen molar-refractivity contribution in [2.75, 3.05) is 25.0 Å². The van der Waals surface area contributed by atoms with Crippen LogP contribution >= 0.6 is 0 Å². The second-order valence-electron chi connectivity index (χ2n) is 3.99. The number of nitrogens with two attached hydrogens (primary N) is 1. The van der Waals surface area contributed by atoms with E-state index in [-0.39, 0.29) is 0 Å². The van der Waals surface area contributed by atoms with E-state index in [0.29, 0.717) is 0 Å². The van der Waals surface area contributed by atoms with Crippen molar-refractivity contribution in [3.63, 3.8) is 0 Å². The van der Waals surface area contributed by atoms with Crippen LogP contribution in [0.15, 0.2) is 12.4 Å². The van der Waals surface area contributed by atoms with E-state index < -0.39 is 0 Å². The molecule has 1 rings (SSSR count). The summed E-state index contributed by atoms with van der Waals surface area (Å²) in [5.74, 6) is 1.01. The Morgan fingerprint density at radius 2 is 2.06 bits per heavy atom. The first-order valence-corrected chi connectivity index (χ1v) is 6.00. The Hall–Kier alpha value is -1.16. The Morgan fingerprint density at radius 3 is 2.75 bits per heavy atom. The summed E-state index contributed by atoms with van der Waals surface area (Å²) in [6.07, 6.45) is 6.06. The highest BCUT2D eigenvalue weighted by Crippen LogP contribution is 2.10. The number of anilines is 1. The zero-order chi connectivity index (χ0) is 11.8. The Bertz CT molecular complexity index is 301. The van der Waals surface area contributed by atoms with Gasteiger partial charge in [0.25, 0.3) is 0 Å². The molecule has 0 saturated heterocycles. The van der Waals surface area contributed by atoms with Gasteiger partial charge in [0.05, 0.1) is 0 Å². The standard InChI is InChI=1S/C12H22N4/c1-3-11-9-12(15-10-14-11)16(2)8-6-4-5-7-13/h9-10H,3-8,13H2,1-2H3. The number of unbranched alkanes of at least 4 members (excludes halogenated alkanes) is 2. The first-order valence-electron chi connectivity index (χ1n) is 6.00. The van der Waals surface area contributed by atoms with Gasteiger partial charge in [-0.25, -0.2) is 9.97 Å². The van der Waals surface area contributed by atoms with Crippen LogP contribution in [0.2, 0.25) is 0 Å². The van der Waals surface area contributed by atoms with Crippen LogP contribution in [0.1, 0.15) is 31.9 Å². The van der Waals surface area contributed by atoms with E-state index in [0.717, 1.165) is 37.4 Å². The first-order chi connectivity index (χ1) is 7.77. The lowest BCUT2D eigenvalue weighted by atomic mass is 10.2. The second kappa shape index (κ2) is 7.17. The molecule has 0 fully saturated rings. The molecular weight excluding hydrogens is 200 g/mol. The van der Waals surface area contributed by atoms with Crippen molar-refractivity contribution in [1.82, 2.24) is 9.97 Å². The molecule has 0 aliphatic carbocycles.